The van der Waals surface area contributed by atoms with Crippen molar-refractivity contribution < 1.29 is 28.5 Å². The molecule has 11 heteroatoms. The second kappa shape index (κ2) is 12.2. The molecule has 226 valence electrons. The molecule has 2 aliphatic heterocycles. The summed E-state index contributed by atoms with van der Waals surface area (Å²) in [6.45, 7) is 5.82. The first-order valence-electron chi connectivity index (χ1n) is 13.9. The van der Waals surface area contributed by atoms with E-state index < -0.39 is 12.0 Å². The summed E-state index contributed by atoms with van der Waals surface area (Å²) in [6.07, 6.45) is 1.44. The third-order valence-corrected chi connectivity index (χ3v) is 8.32. The zero-order valence-electron chi connectivity index (χ0n) is 24.5. The van der Waals surface area contributed by atoms with Gasteiger partial charge in [0.25, 0.3) is 5.56 Å². The van der Waals surface area contributed by atoms with Crippen LogP contribution in [0.4, 0.5) is 0 Å². The second-order valence-electron chi connectivity index (χ2n) is 10.5. The summed E-state index contributed by atoms with van der Waals surface area (Å²) in [5, 5.41) is 0.547. The number of hydrogen-bond donors (Lipinski definition) is 0. The molecule has 3 heterocycles. The van der Waals surface area contributed by atoms with Gasteiger partial charge in [-0.2, -0.15) is 0 Å². The van der Waals surface area contributed by atoms with Crippen LogP contribution in [0.5, 0.6) is 23.0 Å². The summed E-state index contributed by atoms with van der Waals surface area (Å²) in [4.78, 5) is 32.3. The van der Waals surface area contributed by atoms with Crippen LogP contribution in [-0.4, -0.2) is 30.5 Å². The van der Waals surface area contributed by atoms with Crippen molar-refractivity contribution in [1.82, 2.24) is 4.57 Å². The smallest absolute Gasteiger partial charge is 0.338 e. The van der Waals surface area contributed by atoms with E-state index in [1.54, 1.807) is 74.9 Å². The Morgan fingerprint density at radius 2 is 1.86 bits per heavy atom. The number of allylic oxidation sites excluding steroid dienone is 1. The Morgan fingerprint density at radius 3 is 2.61 bits per heavy atom. The molecule has 0 fully saturated rings. The number of carbonyl (C=O) groups is 1. The lowest BCUT2D eigenvalue weighted by Gasteiger charge is -2.25. The van der Waals surface area contributed by atoms with E-state index in [1.807, 2.05) is 24.3 Å². The maximum Gasteiger partial charge on any atom is 0.338 e. The Hall–Kier alpha value is -4.54. The monoisotopic (exact) mass is 632 g/mol. The lowest BCUT2D eigenvalue weighted by Crippen LogP contribution is -2.40. The predicted octanol–water partition coefficient (Wildman–Crippen LogP) is 5.16. The van der Waals surface area contributed by atoms with Crippen LogP contribution in [0.3, 0.4) is 0 Å². The van der Waals surface area contributed by atoms with Crippen LogP contribution in [0.25, 0.3) is 6.08 Å². The summed E-state index contributed by atoms with van der Waals surface area (Å²) >= 11 is 7.40. The third-order valence-electron chi connectivity index (χ3n) is 7.09. The molecule has 6 rings (SSSR count). The number of aromatic nitrogens is 1. The SMILES string of the molecule is COc1cc(C=c2sc3n(c2=O)[C@H](c2ccc(Cl)cc2)C(C(=O)OC(C)C)=C(C)N=3)ccc1OCc1ccc2c(c1)OCO2. The standard InChI is InChI=1S/C33H29ClN2O7S/c1-18(2)43-32(38)29-19(3)35-33-36(30(29)22-7-9-23(34)10-8-22)31(37)28(44-33)15-20-5-11-24(26(13-20)39-4)40-16-21-6-12-25-27(14-21)42-17-41-25/h5-15,18,30H,16-17H2,1-4H3/t30-/m1/s1. The zero-order valence-corrected chi connectivity index (χ0v) is 26.0. The van der Waals surface area contributed by atoms with Crippen LogP contribution < -0.4 is 33.8 Å². The second-order valence-corrected chi connectivity index (χ2v) is 11.9. The summed E-state index contributed by atoms with van der Waals surface area (Å²) in [7, 11) is 1.56. The van der Waals surface area contributed by atoms with Crippen molar-refractivity contribution in [2.75, 3.05) is 13.9 Å². The van der Waals surface area contributed by atoms with Crippen molar-refractivity contribution in [3.05, 3.63) is 113 Å². The molecular weight excluding hydrogens is 604 g/mol. The van der Waals surface area contributed by atoms with Crippen LogP contribution in [0.2, 0.25) is 5.02 Å². The van der Waals surface area contributed by atoms with Crippen LogP contribution in [0.1, 0.15) is 43.5 Å². The molecule has 0 saturated carbocycles. The lowest BCUT2D eigenvalue weighted by molar-refractivity contribution is -0.143. The van der Waals surface area contributed by atoms with Gasteiger partial charge in [0, 0.05) is 5.02 Å². The van der Waals surface area contributed by atoms with E-state index in [1.165, 1.54) is 11.3 Å². The van der Waals surface area contributed by atoms with Crippen LogP contribution >= 0.6 is 22.9 Å². The first-order chi connectivity index (χ1) is 21.2. The van der Waals surface area contributed by atoms with Crippen molar-refractivity contribution in [3.63, 3.8) is 0 Å². The minimum atomic E-state index is -0.724. The molecule has 1 atom stereocenters. The molecule has 0 spiro atoms. The molecule has 3 aromatic carbocycles. The molecule has 0 N–H and O–H groups in total. The number of rotatable bonds is 8. The van der Waals surface area contributed by atoms with E-state index in [2.05, 4.69) is 4.99 Å². The molecule has 0 saturated heterocycles. The topological polar surface area (TPSA) is 97.6 Å². The van der Waals surface area contributed by atoms with E-state index in [4.69, 9.17) is 35.3 Å². The highest BCUT2D eigenvalue weighted by atomic mass is 35.5. The van der Waals surface area contributed by atoms with E-state index in [-0.39, 0.29) is 18.5 Å². The quantitative estimate of drug-likeness (QED) is 0.248. The number of carbonyl (C=O) groups excluding carboxylic acids is 1. The third kappa shape index (κ3) is 5.82. The average molecular weight is 633 g/mol. The van der Waals surface area contributed by atoms with Gasteiger partial charge in [-0.05, 0) is 79.9 Å². The zero-order chi connectivity index (χ0) is 31.0. The number of esters is 1. The largest absolute Gasteiger partial charge is 0.493 e. The van der Waals surface area contributed by atoms with Gasteiger partial charge in [0.2, 0.25) is 6.79 Å². The lowest BCUT2D eigenvalue weighted by atomic mass is 9.96. The number of thiazole rings is 1. The van der Waals surface area contributed by atoms with Gasteiger partial charge in [-0.25, -0.2) is 9.79 Å². The van der Waals surface area contributed by atoms with Crippen LogP contribution in [-0.2, 0) is 16.1 Å². The van der Waals surface area contributed by atoms with Crippen molar-refractivity contribution >= 4 is 35.0 Å². The first kappa shape index (κ1) is 29.5. The van der Waals surface area contributed by atoms with E-state index in [0.29, 0.717) is 55.2 Å². The molecule has 9 nitrogen and oxygen atoms in total. The number of ether oxygens (including phenoxy) is 5. The Balaban J connectivity index is 1.34. The summed E-state index contributed by atoms with van der Waals surface area (Å²) < 4.78 is 30.0. The number of fused-ring (bicyclic) bond motifs is 2. The number of hydrogen-bond acceptors (Lipinski definition) is 9. The Labute approximate surface area is 262 Å². The van der Waals surface area contributed by atoms with E-state index in [0.717, 1.165) is 16.7 Å². The minimum absolute atomic E-state index is 0.208. The number of methoxy groups -OCH3 is 1. The number of benzene rings is 3. The van der Waals surface area contributed by atoms with Crippen LogP contribution in [0, 0.1) is 0 Å². The minimum Gasteiger partial charge on any atom is -0.493 e. The van der Waals surface area contributed by atoms with Gasteiger partial charge < -0.3 is 23.7 Å². The number of nitrogens with zero attached hydrogens (tertiary/aromatic N) is 2. The number of halogens is 1. The molecular formula is C33H29ClN2O7S. The van der Waals surface area contributed by atoms with Crippen molar-refractivity contribution in [2.24, 2.45) is 4.99 Å². The average Bonchev–Trinajstić information content (AvgIpc) is 3.59. The molecule has 0 aliphatic carbocycles. The first-order valence-corrected chi connectivity index (χ1v) is 15.1. The molecule has 1 aromatic heterocycles. The normalized spacial score (nSPS) is 15.7. The van der Waals surface area contributed by atoms with Gasteiger partial charge in [-0.15, -0.1) is 0 Å². The van der Waals surface area contributed by atoms with Gasteiger partial charge in [0.05, 0.1) is 35.1 Å². The van der Waals surface area contributed by atoms with Gasteiger partial charge in [0.1, 0.15) is 6.61 Å². The van der Waals surface area contributed by atoms with Crippen molar-refractivity contribution in [2.45, 2.75) is 39.5 Å². The summed E-state index contributed by atoms with van der Waals surface area (Å²) in [5.41, 5.74) is 2.90. The molecule has 0 bridgehead atoms. The Bertz CT molecular complexity index is 1960. The van der Waals surface area contributed by atoms with Gasteiger partial charge >= 0.3 is 5.97 Å². The molecule has 0 unspecified atom stereocenters. The maximum atomic E-state index is 13.9. The highest BCUT2D eigenvalue weighted by molar-refractivity contribution is 7.07. The summed E-state index contributed by atoms with van der Waals surface area (Å²) in [6, 6.07) is 17.5. The van der Waals surface area contributed by atoms with E-state index in [9.17, 15) is 9.59 Å². The highest BCUT2D eigenvalue weighted by Gasteiger charge is 2.33. The van der Waals surface area contributed by atoms with E-state index >= 15 is 0 Å². The fourth-order valence-corrected chi connectivity index (χ4v) is 6.23. The highest BCUT2D eigenvalue weighted by Crippen LogP contribution is 2.34. The molecule has 44 heavy (non-hydrogen) atoms. The molecule has 0 amide bonds. The molecule has 2 aliphatic rings. The van der Waals surface area contributed by atoms with Crippen LogP contribution in [0.15, 0.2) is 81.7 Å². The Kier molecular flexibility index (Phi) is 8.20. The Morgan fingerprint density at radius 1 is 1.09 bits per heavy atom. The fraction of sp³-hybridized carbons (Fsp3) is 0.242. The van der Waals surface area contributed by atoms with Gasteiger partial charge in [0.15, 0.2) is 27.8 Å². The molecule has 4 aromatic rings. The summed E-state index contributed by atoms with van der Waals surface area (Å²) in [5.74, 6) is 1.95. The molecule has 0 radical (unpaired) electrons. The van der Waals surface area contributed by atoms with Crippen molar-refractivity contribution in [1.29, 1.82) is 0 Å². The van der Waals surface area contributed by atoms with Gasteiger partial charge in [-0.3, -0.25) is 9.36 Å². The van der Waals surface area contributed by atoms with Crippen molar-refractivity contribution in [3.8, 4) is 23.0 Å². The fourth-order valence-electron chi connectivity index (χ4n) is 5.06. The maximum absolute atomic E-state index is 13.9. The van der Waals surface area contributed by atoms with Gasteiger partial charge in [-0.1, -0.05) is 47.2 Å². The predicted molar refractivity (Wildman–Crippen MR) is 166 cm³/mol.